The summed E-state index contributed by atoms with van der Waals surface area (Å²) in [6.45, 7) is 1.06. The van der Waals surface area contributed by atoms with Gasteiger partial charge >= 0.3 is 0 Å². The average Bonchev–Trinajstić information content (AvgIpc) is 3.15. The number of carbonyl (C=O) groups is 1. The average molecular weight is 484 g/mol. The number of sulfone groups is 1. The van der Waals surface area contributed by atoms with Gasteiger partial charge < -0.3 is 9.64 Å². The lowest BCUT2D eigenvalue weighted by atomic mass is 10.3. The number of benzene rings is 2. The van der Waals surface area contributed by atoms with Gasteiger partial charge in [-0.25, -0.2) is 13.4 Å². The summed E-state index contributed by atoms with van der Waals surface area (Å²) in [6, 6.07) is 13.8. The molecule has 0 aliphatic carbocycles. The van der Waals surface area contributed by atoms with E-state index in [2.05, 4.69) is 4.98 Å². The third kappa shape index (κ3) is 6.39. The largest absolute Gasteiger partial charge is 0.497 e. The van der Waals surface area contributed by atoms with E-state index in [1.807, 2.05) is 37.2 Å². The van der Waals surface area contributed by atoms with Gasteiger partial charge in [-0.3, -0.25) is 9.69 Å². The monoisotopic (exact) mass is 483 g/mol. The number of thiazole rings is 1. The second kappa shape index (κ2) is 10.9. The number of carbonyl (C=O) groups excluding carboxylic acids is 1. The van der Waals surface area contributed by atoms with E-state index in [1.54, 1.807) is 42.3 Å². The van der Waals surface area contributed by atoms with Crippen molar-refractivity contribution in [3.63, 3.8) is 0 Å². The molecule has 7 nitrogen and oxygen atoms in total. The smallest absolute Gasteiger partial charge is 0.229 e. The van der Waals surface area contributed by atoms with E-state index >= 15 is 0 Å². The standard InChI is InChI=1S/C21H25N3O4S2.ClH/c1-23(2)12-13-24(21-22-18-10-9-16(28-3)15-19(18)29-21)20(25)11-14-30(26,27)17-7-5-4-6-8-17;/h4-10,15H,11-14H2,1-3H3;1H. The summed E-state index contributed by atoms with van der Waals surface area (Å²) < 4.78 is 31.3. The third-order valence-electron chi connectivity index (χ3n) is 4.57. The Balaban J connectivity index is 0.00000341. The first-order valence-electron chi connectivity index (χ1n) is 9.47. The maximum atomic E-state index is 13.0. The second-order valence-corrected chi connectivity index (χ2v) is 10.2. The number of methoxy groups -OCH3 is 1. The quantitative estimate of drug-likeness (QED) is 0.463. The molecule has 0 unspecified atom stereocenters. The number of fused-ring (bicyclic) bond motifs is 1. The van der Waals surface area contributed by atoms with Gasteiger partial charge in [0.2, 0.25) is 5.91 Å². The van der Waals surface area contributed by atoms with Crippen molar-refractivity contribution < 1.29 is 17.9 Å². The minimum Gasteiger partial charge on any atom is -0.497 e. The fraction of sp³-hybridized carbons (Fsp3) is 0.333. The first-order chi connectivity index (χ1) is 14.3. The number of ether oxygens (including phenoxy) is 1. The van der Waals surface area contributed by atoms with Gasteiger partial charge in [0.1, 0.15) is 5.75 Å². The molecule has 168 valence electrons. The Morgan fingerprint density at radius 2 is 1.81 bits per heavy atom. The molecular formula is C21H26ClN3O4S2. The van der Waals surface area contributed by atoms with Crippen LogP contribution in [-0.4, -0.2) is 64.3 Å². The van der Waals surface area contributed by atoms with Crippen LogP contribution >= 0.6 is 23.7 Å². The molecule has 1 amide bonds. The van der Waals surface area contributed by atoms with Crippen molar-refractivity contribution >= 4 is 54.8 Å². The van der Waals surface area contributed by atoms with Crippen LogP contribution in [0, 0.1) is 0 Å². The number of hydrogen-bond acceptors (Lipinski definition) is 7. The summed E-state index contributed by atoms with van der Waals surface area (Å²) >= 11 is 1.39. The second-order valence-electron chi connectivity index (χ2n) is 7.06. The van der Waals surface area contributed by atoms with Gasteiger partial charge in [0.05, 0.1) is 28.0 Å². The van der Waals surface area contributed by atoms with Gasteiger partial charge in [0, 0.05) is 19.5 Å². The molecule has 0 radical (unpaired) electrons. The summed E-state index contributed by atoms with van der Waals surface area (Å²) in [6.07, 6.45) is -0.107. The lowest BCUT2D eigenvalue weighted by Crippen LogP contribution is -2.37. The van der Waals surface area contributed by atoms with E-state index in [4.69, 9.17) is 4.74 Å². The Labute approximate surface area is 193 Å². The Morgan fingerprint density at radius 1 is 1.10 bits per heavy atom. The van der Waals surface area contributed by atoms with Crippen LogP contribution in [-0.2, 0) is 14.6 Å². The number of amides is 1. The van der Waals surface area contributed by atoms with Crippen LogP contribution in [0.15, 0.2) is 53.4 Å². The molecule has 0 spiro atoms. The normalized spacial score (nSPS) is 11.4. The van der Waals surface area contributed by atoms with E-state index in [9.17, 15) is 13.2 Å². The van der Waals surface area contributed by atoms with Gasteiger partial charge in [0.15, 0.2) is 15.0 Å². The first kappa shape index (κ1) is 25.1. The van der Waals surface area contributed by atoms with Crippen molar-refractivity contribution in [1.29, 1.82) is 0 Å². The van der Waals surface area contributed by atoms with Crippen LogP contribution in [0.4, 0.5) is 5.13 Å². The van der Waals surface area contributed by atoms with E-state index < -0.39 is 9.84 Å². The predicted molar refractivity (Wildman–Crippen MR) is 127 cm³/mol. The Bertz CT molecular complexity index is 1120. The molecule has 0 aliphatic rings. The van der Waals surface area contributed by atoms with Crippen molar-refractivity contribution in [3.8, 4) is 5.75 Å². The zero-order valence-electron chi connectivity index (χ0n) is 17.6. The van der Waals surface area contributed by atoms with Crippen molar-refractivity contribution in [3.05, 3.63) is 48.5 Å². The van der Waals surface area contributed by atoms with Crippen LogP contribution in [0.1, 0.15) is 6.42 Å². The number of halogens is 1. The summed E-state index contributed by atoms with van der Waals surface area (Å²) in [4.78, 5) is 21.4. The molecule has 2 aromatic carbocycles. The summed E-state index contributed by atoms with van der Waals surface area (Å²) in [7, 11) is 1.92. The van der Waals surface area contributed by atoms with E-state index in [0.29, 0.717) is 18.2 Å². The molecule has 1 aromatic heterocycles. The highest BCUT2D eigenvalue weighted by molar-refractivity contribution is 7.91. The Morgan fingerprint density at radius 3 is 2.45 bits per heavy atom. The Kier molecular flexibility index (Phi) is 8.81. The molecular weight excluding hydrogens is 458 g/mol. The van der Waals surface area contributed by atoms with Crippen molar-refractivity contribution in [2.45, 2.75) is 11.3 Å². The minimum absolute atomic E-state index is 0. The lowest BCUT2D eigenvalue weighted by molar-refractivity contribution is -0.118. The summed E-state index contributed by atoms with van der Waals surface area (Å²) in [5.41, 5.74) is 0.773. The van der Waals surface area contributed by atoms with Crippen LogP contribution in [0.25, 0.3) is 10.2 Å². The molecule has 0 bridgehead atoms. The highest BCUT2D eigenvalue weighted by atomic mass is 35.5. The van der Waals surface area contributed by atoms with E-state index in [0.717, 1.165) is 16.0 Å². The summed E-state index contributed by atoms with van der Waals surface area (Å²) in [5.74, 6) is 0.215. The zero-order chi connectivity index (χ0) is 21.7. The van der Waals surface area contributed by atoms with Gasteiger partial charge in [-0.15, -0.1) is 12.4 Å². The molecule has 0 atom stereocenters. The van der Waals surface area contributed by atoms with E-state index in [-0.39, 0.29) is 35.4 Å². The van der Waals surface area contributed by atoms with Crippen LogP contribution < -0.4 is 9.64 Å². The molecule has 31 heavy (non-hydrogen) atoms. The molecule has 0 aliphatic heterocycles. The number of likely N-dealkylation sites (N-methyl/N-ethyl adjacent to an activating group) is 1. The molecule has 3 aromatic rings. The maximum Gasteiger partial charge on any atom is 0.229 e. The third-order valence-corrected chi connectivity index (χ3v) is 7.35. The Hall–Kier alpha value is -2.20. The molecule has 0 N–H and O–H groups in total. The maximum absolute atomic E-state index is 13.0. The highest BCUT2D eigenvalue weighted by Gasteiger charge is 2.23. The van der Waals surface area contributed by atoms with Gasteiger partial charge in [-0.05, 0) is 44.4 Å². The fourth-order valence-corrected chi connectivity index (χ4v) is 5.15. The molecule has 0 saturated carbocycles. The topological polar surface area (TPSA) is 79.8 Å². The molecule has 0 fully saturated rings. The van der Waals surface area contributed by atoms with Gasteiger partial charge in [0.25, 0.3) is 0 Å². The van der Waals surface area contributed by atoms with Crippen molar-refractivity contribution in [2.24, 2.45) is 0 Å². The molecule has 10 heteroatoms. The first-order valence-corrected chi connectivity index (χ1v) is 11.9. The minimum atomic E-state index is -3.53. The number of rotatable bonds is 9. The van der Waals surface area contributed by atoms with Crippen LogP contribution in [0.5, 0.6) is 5.75 Å². The molecule has 1 heterocycles. The van der Waals surface area contributed by atoms with Gasteiger partial charge in [-0.2, -0.15) is 0 Å². The predicted octanol–water partition coefficient (Wildman–Crippen LogP) is 3.49. The van der Waals surface area contributed by atoms with E-state index in [1.165, 1.54) is 11.3 Å². The van der Waals surface area contributed by atoms with Crippen molar-refractivity contribution in [2.75, 3.05) is 44.9 Å². The highest BCUT2D eigenvalue weighted by Crippen LogP contribution is 2.31. The fourth-order valence-electron chi connectivity index (χ4n) is 2.86. The molecule has 3 rings (SSSR count). The lowest BCUT2D eigenvalue weighted by Gasteiger charge is -2.22. The van der Waals surface area contributed by atoms with Crippen molar-refractivity contribution in [1.82, 2.24) is 9.88 Å². The number of hydrogen-bond donors (Lipinski definition) is 0. The SMILES string of the molecule is COc1ccc2nc(N(CCN(C)C)C(=O)CCS(=O)(=O)c3ccccc3)sc2c1.Cl. The van der Waals surface area contributed by atoms with Crippen LogP contribution in [0.3, 0.4) is 0 Å². The number of anilines is 1. The number of aromatic nitrogens is 1. The number of nitrogens with zero attached hydrogens (tertiary/aromatic N) is 3. The molecule has 0 saturated heterocycles. The summed E-state index contributed by atoms with van der Waals surface area (Å²) in [5, 5.41) is 0.558. The van der Waals surface area contributed by atoms with Gasteiger partial charge in [-0.1, -0.05) is 29.5 Å². The zero-order valence-corrected chi connectivity index (χ0v) is 20.1. The van der Waals surface area contributed by atoms with Crippen LogP contribution in [0.2, 0.25) is 0 Å².